The van der Waals surface area contributed by atoms with Gasteiger partial charge in [0.25, 0.3) is 0 Å². The van der Waals surface area contributed by atoms with Crippen LogP contribution in [0, 0.1) is 6.92 Å². The molecule has 12 heavy (non-hydrogen) atoms. The van der Waals surface area contributed by atoms with Crippen LogP contribution in [0.25, 0.3) is 0 Å². The Labute approximate surface area is 86.9 Å². The summed E-state index contributed by atoms with van der Waals surface area (Å²) in [5.41, 5.74) is 1.30. The molecule has 2 nitrogen and oxygen atoms in total. The van der Waals surface area contributed by atoms with Crippen LogP contribution in [0.4, 0.5) is 0 Å². The molecule has 0 aromatic heterocycles. The van der Waals surface area contributed by atoms with Crippen LogP contribution in [-0.4, -0.2) is 11.4 Å². The normalized spacial score (nSPS) is 9.92. The lowest BCUT2D eigenvalue weighted by Crippen LogP contribution is -1.88. The molecule has 1 aromatic carbocycles. The minimum Gasteiger partial charge on any atom is -0.506 e. The number of aldehydes is 1. The van der Waals surface area contributed by atoms with Crippen LogP contribution in [0.2, 0.25) is 0 Å². The molecule has 1 aromatic rings. The molecule has 1 rings (SSSR count). The lowest BCUT2D eigenvalue weighted by atomic mass is 10.1. The van der Waals surface area contributed by atoms with Crippen molar-refractivity contribution in [2.24, 2.45) is 0 Å². The van der Waals surface area contributed by atoms with Crippen molar-refractivity contribution in [1.82, 2.24) is 0 Å². The van der Waals surface area contributed by atoms with Crippen LogP contribution in [0.1, 0.15) is 15.9 Å². The largest absolute Gasteiger partial charge is 0.506 e. The molecule has 4 heteroatoms. The number of hydrogen-bond donors (Lipinski definition) is 1. The molecule has 0 heterocycles. The number of halogens is 2. The first kappa shape index (κ1) is 9.74. The maximum Gasteiger partial charge on any atom is 0.150 e. The summed E-state index contributed by atoms with van der Waals surface area (Å²) in [4.78, 5) is 10.5. The Morgan fingerprint density at radius 3 is 2.58 bits per heavy atom. The Balaban J connectivity index is 3.49. The van der Waals surface area contributed by atoms with Crippen molar-refractivity contribution in [3.63, 3.8) is 0 Å². The van der Waals surface area contributed by atoms with Gasteiger partial charge < -0.3 is 5.11 Å². The molecular formula is C8H6Br2O2. The molecule has 1 N–H and O–H groups in total. The fourth-order valence-corrected chi connectivity index (χ4v) is 2.00. The second-order valence-electron chi connectivity index (χ2n) is 2.35. The van der Waals surface area contributed by atoms with Gasteiger partial charge in [-0.25, -0.2) is 0 Å². The Bertz CT molecular complexity index is 334. The topological polar surface area (TPSA) is 37.3 Å². The molecule has 0 aliphatic heterocycles. The van der Waals surface area contributed by atoms with E-state index in [1.54, 1.807) is 13.0 Å². The SMILES string of the molecule is Cc1c(C=O)cc(Br)c(O)c1Br. The summed E-state index contributed by atoms with van der Waals surface area (Å²) in [5, 5.41) is 9.40. The molecule has 0 unspecified atom stereocenters. The molecule has 0 amide bonds. The van der Waals surface area contributed by atoms with Crippen molar-refractivity contribution < 1.29 is 9.90 Å². The van der Waals surface area contributed by atoms with E-state index in [0.29, 0.717) is 14.5 Å². The standard InChI is InChI=1S/C8H6Br2O2/c1-4-5(3-11)2-6(9)8(12)7(4)10/h2-3,12H,1H3. The van der Waals surface area contributed by atoms with Crippen LogP contribution in [0.3, 0.4) is 0 Å². The molecule has 0 saturated heterocycles. The zero-order valence-electron chi connectivity index (χ0n) is 6.27. The monoisotopic (exact) mass is 292 g/mol. The van der Waals surface area contributed by atoms with E-state index in [9.17, 15) is 9.90 Å². The van der Waals surface area contributed by atoms with Crippen LogP contribution in [0.5, 0.6) is 5.75 Å². The summed E-state index contributed by atoms with van der Waals surface area (Å²) in [6.07, 6.45) is 0.754. The van der Waals surface area contributed by atoms with Crippen molar-refractivity contribution in [3.8, 4) is 5.75 Å². The second-order valence-corrected chi connectivity index (χ2v) is 4.00. The van der Waals surface area contributed by atoms with Crippen molar-refractivity contribution >= 4 is 38.1 Å². The van der Waals surface area contributed by atoms with Crippen LogP contribution in [-0.2, 0) is 0 Å². The highest BCUT2D eigenvalue weighted by Crippen LogP contribution is 2.36. The number of carbonyl (C=O) groups is 1. The van der Waals surface area contributed by atoms with E-state index < -0.39 is 0 Å². The van der Waals surface area contributed by atoms with Gasteiger partial charge in [0.15, 0.2) is 0 Å². The Kier molecular flexibility index (Phi) is 2.90. The summed E-state index contributed by atoms with van der Waals surface area (Å²) >= 11 is 6.32. The van der Waals surface area contributed by atoms with E-state index in [1.165, 1.54) is 0 Å². The minimum absolute atomic E-state index is 0.123. The zero-order valence-corrected chi connectivity index (χ0v) is 9.44. The molecule has 0 atom stereocenters. The number of phenolic OH excluding ortho intramolecular Hbond substituents is 1. The van der Waals surface area contributed by atoms with Crippen molar-refractivity contribution in [1.29, 1.82) is 0 Å². The summed E-state index contributed by atoms with van der Waals surface area (Å²) in [7, 11) is 0. The number of rotatable bonds is 1. The Hall–Kier alpha value is -0.350. The summed E-state index contributed by atoms with van der Waals surface area (Å²) in [5.74, 6) is 0.123. The van der Waals surface area contributed by atoms with E-state index in [0.717, 1.165) is 11.8 Å². The third kappa shape index (κ3) is 1.54. The minimum atomic E-state index is 0.123. The molecule has 0 fully saturated rings. The van der Waals surface area contributed by atoms with Gasteiger partial charge in [-0.2, -0.15) is 0 Å². The number of hydrogen-bond acceptors (Lipinski definition) is 2. The molecule has 0 aliphatic carbocycles. The first-order valence-electron chi connectivity index (χ1n) is 3.20. The molecule has 0 saturated carbocycles. The molecule has 0 spiro atoms. The number of benzene rings is 1. The quantitative estimate of drug-likeness (QED) is 0.808. The summed E-state index contributed by atoms with van der Waals surface area (Å²) in [6.45, 7) is 1.76. The van der Waals surface area contributed by atoms with Gasteiger partial charge in [-0.3, -0.25) is 4.79 Å². The predicted molar refractivity (Wildman–Crippen MR) is 53.6 cm³/mol. The lowest BCUT2D eigenvalue weighted by molar-refractivity contribution is 0.112. The highest BCUT2D eigenvalue weighted by Gasteiger charge is 2.10. The van der Waals surface area contributed by atoms with Crippen LogP contribution in [0.15, 0.2) is 15.0 Å². The molecule has 64 valence electrons. The molecule has 0 aliphatic rings. The smallest absolute Gasteiger partial charge is 0.150 e. The van der Waals surface area contributed by atoms with Gasteiger partial charge in [0.2, 0.25) is 0 Å². The van der Waals surface area contributed by atoms with Gasteiger partial charge in [-0.05, 0) is 50.4 Å². The highest BCUT2D eigenvalue weighted by atomic mass is 79.9. The van der Waals surface area contributed by atoms with Crippen LogP contribution >= 0.6 is 31.9 Å². The van der Waals surface area contributed by atoms with Gasteiger partial charge in [0.05, 0.1) is 8.95 Å². The Morgan fingerprint density at radius 1 is 1.50 bits per heavy atom. The van der Waals surface area contributed by atoms with E-state index in [-0.39, 0.29) is 5.75 Å². The van der Waals surface area contributed by atoms with Gasteiger partial charge in [-0.1, -0.05) is 0 Å². The number of carbonyl (C=O) groups excluding carboxylic acids is 1. The molecular weight excluding hydrogens is 288 g/mol. The van der Waals surface area contributed by atoms with E-state index in [1.807, 2.05) is 0 Å². The third-order valence-electron chi connectivity index (χ3n) is 1.61. The maximum atomic E-state index is 10.5. The van der Waals surface area contributed by atoms with Crippen molar-refractivity contribution in [2.75, 3.05) is 0 Å². The van der Waals surface area contributed by atoms with E-state index >= 15 is 0 Å². The first-order valence-corrected chi connectivity index (χ1v) is 4.79. The summed E-state index contributed by atoms with van der Waals surface area (Å²) in [6, 6.07) is 1.59. The maximum absolute atomic E-state index is 10.5. The van der Waals surface area contributed by atoms with Crippen molar-refractivity contribution in [3.05, 3.63) is 26.1 Å². The van der Waals surface area contributed by atoms with Gasteiger partial charge in [0.1, 0.15) is 12.0 Å². The third-order valence-corrected chi connectivity index (χ3v) is 3.18. The van der Waals surface area contributed by atoms with Crippen molar-refractivity contribution in [2.45, 2.75) is 6.92 Å². The fourth-order valence-electron chi connectivity index (χ4n) is 0.845. The van der Waals surface area contributed by atoms with Gasteiger partial charge in [-0.15, -0.1) is 0 Å². The van der Waals surface area contributed by atoms with E-state index in [2.05, 4.69) is 31.9 Å². The van der Waals surface area contributed by atoms with Gasteiger partial charge in [0, 0.05) is 5.56 Å². The Morgan fingerprint density at radius 2 is 2.08 bits per heavy atom. The summed E-state index contributed by atoms with van der Waals surface area (Å²) < 4.78 is 1.07. The van der Waals surface area contributed by atoms with E-state index in [4.69, 9.17) is 0 Å². The average molecular weight is 294 g/mol. The number of phenols is 1. The number of aromatic hydroxyl groups is 1. The molecule has 0 bridgehead atoms. The fraction of sp³-hybridized carbons (Fsp3) is 0.125. The lowest BCUT2D eigenvalue weighted by Gasteiger charge is -2.05. The molecule has 0 radical (unpaired) electrons. The van der Waals surface area contributed by atoms with Gasteiger partial charge >= 0.3 is 0 Å². The zero-order chi connectivity index (χ0) is 9.30. The van der Waals surface area contributed by atoms with Crippen LogP contribution < -0.4 is 0 Å². The predicted octanol–water partition coefficient (Wildman–Crippen LogP) is 3.04. The first-order chi connectivity index (χ1) is 5.57. The average Bonchev–Trinajstić information content (AvgIpc) is 2.08. The highest BCUT2D eigenvalue weighted by molar-refractivity contribution is 9.11. The second kappa shape index (κ2) is 3.58.